The van der Waals surface area contributed by atoms with E-state index < -0.39 is 0 Å². The van der Waals surface area contributed by atoms with E-state index >= 15 is 0 Å². The van der Waals surface area contributed by atoms with Gasteiger partial charge in [-0.25, -0.2) is 5.48 Å². The molecule has 0 aliphatic rings. The Morgan fingerprint density at radius 1 is 1.83 bits per heavy atom. The summed E-state index contributed by atoms with van der Waals surface area (Å²) in [5, 5.41) is 1.84. The van der Waals surface area contributed by atoms with Crippen molar-refractivity contribution >= 4 is 33.2 Å². The fourth-order valence-corrected chi connectivity index (χ4v) is 1.90. The molecule has 0 fully saturated rings. The van der Waals surface area contributed by atoms with Gasteiger partial charge < -0.3 is 0 Å². The SMILES string of the molecule is CCONC(=O)c1ccsc1Br. The van der Waals surface area contributed by atoms with Crippen molar-refractivity contribution in [2.75, 3.05) is 6.61 Å². The molecule has 0 unspecified atom stereocenters. The van der Waals surface area contributed by atoms with Gasteiger partial charge in [0, 0.05) is 0 Å². The van der Waals surface area contributed by atoms with E-state index in [9.17, 15) is 4.79 Å². The maximum atomic E-state index is 11.2. The average molecular weight is 250 g/mol. The Morgan fingerprint density at radius 2 is 2.58 bits per heavy atom. The van der Waals surface area contributed by atoms with E-state index in [0.717, 1.165) is 3.79 Å². The van der Waals surface area contributed by atoms with Gasteiger partial charge in [-0.2, -0.15) is 0 Å². The molecule has 0 spiro atoms. The molecule has 0 aliphatic heterocycles. The van der Waals surface area contributed by atoms with Gasteiger partial charge in [0.2, 0.25) is 0 Å². The summed E-state index contributed by atoms with van der Waals surface area (Å²) in [5.41, 5.74) is 2.92. The molecule has 0 aliphatic carbocycles. The third-order valence-electron chi connectivity index (χ3n) is 1.17. The van der Waals surface area contributed by atoms with Gasteiger partial charge in [0.25, 0.3) is 5.91 Å². The standard InChI is InChI=1S/C7H8BrNO2S/c1-2-11-9-7(10)5-3-4-12-6(5)8/h3-4H,2H2,1H3,(H,9,10). The van der Waals surface area contributed by atoms with Gasteiger partial charge >= 0.3 is 0 Å². The minimum Gasteiger partial charge on any atom is -0.274 e. The van der Waals surface area contributed by atoms with Crippen molar-refractivity contribution in [3.05, 3.63) is 20.8 Å². The van der Waals surface area contributed by atoms with Gasteiger partial charge in [0.15, 0.2) is 0 Å². The quantitative estimate of drug-likeness (QED) is 0.835. The van der Waals surface area contributed by atoms with Crippen molar-refractivity contribution in [3.8, 4) is 0 Å². The molecule has 12 heavy (non-hydrogen) atoms. The number of hydrogen-bond acceptors (Lipinski definition) is 3. The molecule has 0 aromatic carbocycles. The van der Waals surface area contributed by atoms with E-state index in [-0.39, 0.29) is 5.91 Å². The van der Waals surface area contributed by atoms with Gasteiger partial charge in [-0.15, -0.1) is 11.3 Å². The number of halogens is 1. The number of amides is 1. The third kappa shape index (κ3) is 2.30. The lowest BCUT2D eigenvalue weighted by atomic mass is 10.3. The minimum absolute atomic E-state index is 0.218. The largest absolute Gasteiger partial charge is 0.276 e. The van der Waals surface area contributed by atoms with Gasteiger partial charge in [-0.1, -0.05) is 0 Å². The number of hydrogen-bond donors (Lipinski definition) is 1. The summed E-state index contributed by atoms with van der Waals surface area (Å²) in [7, 11) is 0. The van der Waals surface area contributed by atoms with Crippen LogP contribution in [0, 0.1) is 0 Å². The van der Waals surface area contributed by atoms with E-state index in [1.807, 2.05) is 12.3 Å². The monoisotopic (exact) mass is 249 g/mol. The second kappa shape index (κ2) is 4.59. The van der Waals surface area contributed by atoms with Crippen molar-refractivity contribution in [1.29, 1.82) is 0 Å². The van der Waals surface area contributed by atoms with E-state index in [1.54, 1.807) is 6.07 Å². The zero-order chi connectivity index (χ0) is 8.97. The number of hydroxylamine groups is 1. The summed E-state index contributed by atoms with van der Waals surface area (Å²) in [6.07, 6.45) is 0. The van der Waals surface area contributed by atoms with Crippen LogP contribution in [0.15, 0.2) is 15.2 Å². The molecule has 0 radical (unpaired) electrons. The molecule has 1 aromatic rings. The predicted molar refractivity (Wildman–Crippen MR) is 51.1 cm³/mol. The maximum absolute atomic E-state index is 11.2. The summed E-state index contributed by atoms with van der Waals surface area (Å²) in [6.45, 7) is 2.27. The first-order valence-corrected chi connectivity index (χ1v) is 5.08. The Hall–Kier alpha value is -0.390. The maximum Gasteiger partial charge on any atom is 0.276 e. The lowest BCUT2D eigenvalue weighted by Crippen LogP contribution is -2.23. The summed E-state index contributed by atoms with van der Waals surface area (Å²) in [4.78, 5) is 16.0. The Labute approximate surface area is 82.8 Å². The van der Waals surface area contributed by atoms with Crippen LogP contribution in [0.4, 0.5) is 0 Å². The average Bonchev–Trinajstić information content (AvgIpc) is 2.47. The van der Waals surface area contributed by atoms with Gasteiger partial charge in [-0.3, -0.25) is 9.63 Å². The van der Waals surface area contributed by atoms with E-state index in [1.165, 1.54) is 11.3 Å². The van der Waals surface area contributed by atoms with Crippen molar-refractivity contribution in [3.63, 3.8) is 0 Å². The van der Waals surface area contributed by atoms with Crippen LogP contribution in [0.25, 0.3) is 0 Å². The van der Waals surface area contributed by atoms with E-state index in [4.69, 9.17) is 4.84 Å². The summed E-state index contributed by atoms with van der Waals surface area (Å²) in [6, 6.07) is 1.74. The van der Waals surface area contributed by atoms with Crippen molar-refractivity contribution in [1.82, 2.24) is 5.48 Å². The molecule has 1 amide bonds. The lowest BCUT2D eigenvalue weighted by Gasteiger charge is -2.01. The summed E-state index contributed by atoms with van der Waals surface area (Å²) < 4.78 is 0.819. The van der Waals surface area contributed by atoms with Crippen LogP contribution in [0.2, 0.25) is 0 Å². The molecule has 3 nitrogen and oxygen atoms in total. The van der Waals surface area contributed by atoms with Gasteiger partial charge in [0.05, 0.1) is 16.0 Å². The summed E-state index contributed by atoms with van der Waals surface area (Å²) >= 11 is 4.73. The molecule has 1 N–H and O–H groups in total. The van der Waals surface area contributed by atoms with Crippen LogP contribution < -0.4 is 5.48 Å². The van der Waals surface area contributed by atoms with Crippen LogP contribution in [0.5, 0.6) is 0 Å². The number of rotatable bonds is 3. The van der Waals surface area contributed by atoms with Crippen molar-refractivity contribution in [2.45, 2.75) is 6.92 Å². The Morgan fingerprint density at radius 3 is 3.08 bits per heavy atom. The molecule has 1 heterocycles. The third-order valence-corrected chi connectivity index (χ3v) is 2.86. The molecule has 0 atom stereocenters. The molecular weight excluding hydrogens is 242 g/mol. The van der Waals surface area contributed by atoms with E-state index in [2.05, 4.69) is 21.4 Å². The number of carbonyl (C=O) groups excluding carboxylic acids is 1. The molecule has 1 rings (SSSR count). The predicted octanol–water partition coefficient (Wildman–Crippen LogP) is 2.19. The zero-order valence-electron chi connectivity index (χ0n) is 6.46. The second-order valence-corrected chi connectivity index (χ2v) is 4.21. The van der Waals surface area contributed by atoms with Gasteiger partial charge in [0.1, 0.15) is 0 Å². The summed E-state index contributed by atoms with van der Waals surface area (Å²) in [5.74, 6) is -0.218. The molecule has 1 aromatic heterocycles. The fourth-order valence-electron chi connectivity index (χ4n) is 0.648. The van der Waals surface area contributed by atoms with Crippen LogP contribution in [0.3, 0.4) is 0 Å². The smallest absolute Gasteiger partial charge is 0.274 e. The minimum atomic E-state index is -0.218. The van der Waals surface area contributed by atoms with Crippen LogP contribution in [-0.4, -0.2) is 12.5 Å². The number of nitrogens with one attached hydrogen (secondary N) is 1. The Bertz CT molecular complexity index is 274. The van der Waals surface area contributed by atoms with Crippen LogP contribution in [0.1, 0.15) is 17.3 Å². The van der Waals surface area contributed by atoms with Crippen molar-refractivity contribution in [2.24, 2.45) is 0 Å². The first kappa shape index (κ1) is 9.70. The highest BCUT2D eigenvalue weighted by molar-refractivity contribution is 9.11. The molecule has 5 heteroatoms. The Balaban J connectivity index is 2.59. The van der Waals surface area contributed by atoms with E-state index in [0.29, 0.717) is 12.2 Å². The molecule has 66 valence electrons. The number of carbonyl (C=O) groups is 1. The highest BCUT2D eigenvalue weighted by Crippen LogP contribution is 2.22. The fraction of sp³-hybridized carbons (Fsp3) is 0.286. The highest BCUT2D eigenvalue weighted by Gasteiger charge is 2.09. The zero-order valence-corrected chi connectivity index (χ0v) is 8.87. The lowest BCUT2D eigenvalue weighted by molar-refractivity contribution is 0.0364. The second-order valence-electron chi connectivity index (χ2n) is 1.97. The Kier molecular flexibility index (Phi) is 3.71. The van der Waals surface area contributed by atoms with Crippen LogP contribution >= 0.6 is 27.3 Å². The molecule has 0 saturated heterocycles. The molecular formula is C7H8BrNO2S. The number of thiophene rings is 1. The normalized spacial score (nSPS) is 9.83. The van der Waals surface area contributed by atoms with Crippen LogP contribution in [-0.2, 0) is 4.84 Å². The van der Waals surface area contributed by atoms with Gasteiger partial charge in [-0.05, 0) is 34.3 Å². The highest BCUT2D eigenvalue weighted by atomic mass is 79.9. The first-order chi connectivity index (χ1) is 5.75. The van der Waals surface area contributed by atoms with Crippen molar-refractivity contribution < 1.29 is 9.63 Å². The topological polar surface area (TPSA) is 38.3 Å². The molecule has 0 bridgehead atoms. The molecule has 0 saturated carbocycles. The first-order valence-electron chi connectivity index (χ1n) is 3.40.